The van der Waals surface area contributed by atoms with Crippen LogP contribution in [0.2, 0.25) is 0 Å². The maximum Gasteiger partial charge on any atom is 0.417 e. The average molecular weight is 329 g/mol. The highest BCUT2D eigenvalue weighted by atomic mass is 79.9. The standard InChI is InChI=1S/C12H13BrN2O4/c1-12(2,3)19-11(17)14-6-4-7(13)9-8(5-6)15-10(16)18-9/h4-5H,1-3H3,(H,14,17)(H,15,16). The van der Waals surface area contributed by atoms with E-state index < -0.39 is 17.5 Å². The molecule has 0 unspecified atom stereocenters. The van der Waals surface area contributed by atoms with Crippen LogP contribution in [0.5, 0.6) is 0 Å². The van der Waals surface area contributed by atoms with Gasteiger partial charge in [-0.15, -0.1) is 0 Å². The lowest BCUT2D eigenvalue weighted by Gasteiger charge is -2.19. The number of hydrogen-bond acceptors (Lipinski definition) is 4. The maximum absolute atomic E-state index is 11.6. The van der Waals surface area contributed by atoms with Gasteiger partial charge in [0.15, 0.2) is 5.58 Å². The minimum Gasteiger partial charge on any atom is -0.444 e. The number of aromatic amines is 1. The van der Waals surface area contributed by atoms with Crippen molar-refractivity contribution in [2.75, 3.05) is 5.32 Å². The average Bonchev–Trinajstić information content (AvgIpc) is 2.55. The maximum atomic E-state index is 11.6. The molecule has 0 atom stereocenters. The van der Waals surface area contributed by atoms with Gasteiger partial charge < -0.3 is 9.15 Å². The zero-order chi connectivity index (χ0) is 14.2. The summed E-state index contributed by atoms with van der Waals surface area (Å²) < 4.78 is 10.6. The SMILES string of the molecule is CC(C)(C)OC(=O)Nc1cc(Br)c2oc(=O)[nH]c2c1. The molecule has 0 saturated carbocycles. The third kappa shape index (κ3) is 3.37. The lowest BCUT2D eigenvalue weighted by molar-refractivity contribution is 0.0636. The van der Waals surface area contributed by atoms with Crippen molar-refractivity contribution in [1.29, 1.82) is 0 Å². The molecule has 1 aromatic carbocycles. The quantitative estimate of drug-likeness (QED) is 0.841. The van der Waals surface area contributed by atoms with Crippen LogP contribution >= 0.6 is 15.9 Å². The molecule has 0 aliphatic carbocycles. The van der Waals surface area contributed by atoms with E-state index in [9.17, 15) is 9.59 Å². The molecule has 7 heteroatoms. The van der Waals surface area contributed by atoms with Crippen molar-refractivity contribution >= 4 is 38.8 Å². The minimum atomic E-state index is -0.574. The van der Waals surface area contributed by atoms with E-state index in [1.54, 1.807) is 32.9 Å². The van der Waals surface area contributed by atoms with Crippen molar-refractivity contribution in [2.24, 2.45) is 0 Å². The Kier molecular flexibility index (Phi) is 3.40. The summed E-state index contributed by atoms with van der Waals surface area (Å²) in [5.41, 5.74) is 0.811. The monoisotopic (exact) mass is 328 g/mol. The number of carbonyl (C=O) groups excluding carboxylic acids is 1. The van der Waals surface area contributed by atoms with Gasteiger partial charge in [-0.25, -0.2) is 9.59 Å². The van der Waals surface area contributed by atoms with Crippen molar-refractivity contribution in [2.45, 2.75) is 26.4 Å². The van der Waals surface area contributed by atoms with Crippen LogP contribution in [0.3, 0.4) is 0 Å². The predicted molar refractivity (Wildman–Crippen MR) is 74.4 cm³/mol. The molecule has 0 saturated heterocycles. The smallest absolute Gasteiger partial charge is 0.417 e. The minimum absolute atomic E-state index is 0.403. The van der Waals surface area contributed by atoms with Crippen LogP contribution in [-0.4, -0.2) is 16.7 Å². The fourth-order valence-corrected chi connectivity index (χ4v) is 2.05. The van der Waals surface area contributed by atoms with Crippen LogP contribution in [0.4, 0.5) is 10.5 Å². The van der Waals surface area contributed by atoms with Gasteiger partial charge in [0, 0.05) is 5.69 Å². The van der Waals surface area contributed by atoms with Crippen LogP contribution in [0.15, 0.2) is 25.8 Å². The number of anilines is 1. The van der Waals surface area contributed by atoms with Gasteiger partial charge in [-0.3, -0.25) is 10.3 Å². The third-order valence-corrected chi connectivity index (χ3v) is 2.71. The Bertz CT molecular complexity index is 681. The van der Waals surface area contributed by atoms with Crippen molar-refractivity contribution in [1.82, 2.24) is 4.98 Å². The molecule has 19 heavy (non-hydrogen) atoms. The van der Waals surface area contributed by atoms with Gasteiger partial charge in [-0.2, -0.15) is 0 Å². The van der Waals surface area contributed by atoms with E-state index in [0.29, 0.717) is 21.3 Å². The first kappa shape index (κ1) is 13.7. The van der Waals surface area contributed by atoms with Crippen LogP contribution in [0.25, 0.3) is 11.1 Å². The summed E-state index contributed by atoms with van der Waals surface area (Å²) in [5, 5.41) is 2.59. The first-order chi connectivity index (χ1) is 8.74. The molecule has 0 fully saturated rings. The summed E-state index contributed by atoms with van der Waals surface area (Å²) in [4.78, 5) is 25.3. The molecule has 102 valence electrons. The highest BCUT2D eigenvalue weighted by Crippen LogP contribution is 2.26. The number of benzene rings is 1. The number of hydrogen-bond donors (Lipinski definition) is 2. The fourth-order valence-electron chi connectivity index (χ4n) is 1.51. The zero-order valence-corrected chi connectivity index (χ0v) is 12.3. The van der Waals surface area contributed by atoms with E-state index in [2.05, 4.69) is 26.2 Å². The number of aromatic nitrogens is 1. The summed E-state index contributed by atoms with van der Waals surface area (Å²) in [6.07, 6.45) is -0.565. The Morgan fingerprint density at radius 2 is 2.11 bits per heavy atom. The highest BCUT2D eigenvalue weighted by Gasteiger charge is 2.17. The topological polar surface area (TPSA) is 84.3 Å². The van der Waals surface area contributed by atoms with E-state index in [0.717, 1.165) is 0 Å². The van der Waals surface area contributed by atoms with Gasteiger partial charge in [0.25, 0.3) is 0 Å². The molecule has 0 aliphatic rings. The fraction of sp³-hybridized carbons (Fsp3) is 0.333. The van der Waals surface area contributed by atoms with Crippen LogP contribution in [-0.2, 0) is 4.74 Å². The Balaban J connectivity index is 2.26. The van der Waals surface area contributed by atoms with Crippen molar-refractivity contribution < 1.29 is 13.9 Å². The molecule has 6 nitrogen and oxygen atoms in total. The lowest BCUT2D eigenvalue weighted by Crippen LogP contribution is -2.27. The van der Waals surface area contributed by atoms with Gasteiger partial charge in [0.2, 0.25) is 0 Å². The molecular weight excluding hydrogens is 316 g/mol. The lowest BCUT2D eigenvalue weighted by atomic mass is 10.2. The number of amides is 1. The van der Waals surface area contributed by atoms with Crippen LogP contribution < -0.4 is 11.1 Å². The van der Waals surface area contributed by atoms with Crippen LogP contribution in [0.1, 0.15) is 20.8 Å². The van der Waals surface area contributed by atoms with Gasteiger partial charge in [0.1, 0.15) is 5.60 Å². The summed E-state index contributed by atoms with van der Waals surface area (Å²) in [6.45, 7) is 5.33. The molecular formula is C12H13BrN2O4. The van der Waals surface area contributed by atoms with Crippen molar-refractivity contribution in [3.8, 4) is 0 Å². The van der Waals surface area contributed by atoms with Gasteiger partial charge in [-0.05, 0) is 48.8 Å². The molecule has 1 aromatic heterocycles. The highest BCUT2D eigenvalue weighted by molar-refractivity contribution is 9.10. The number of H-pyrrole nitrogens is 1. The Hall–Kier alpha value is -1.76. The molecule has 1 amide bonds. The first-order valence-electron chi connectivity index (χ1n) is 5.57. The second-order valence-electron chi connectivity index (χ2n) is 4.98. The molecule has 0 aliphatic heterocycles. The number of ether oxygens (including phenoxy) is 1. The second-order valence-corrected chi connectivity index (χ2v) is 5.83. The van der Waals surface area contributed by atoms with Gasteiger partial charge in [-0.1, -0.05) is 0 Å². The molecule has 2 rings (SSSR count). The molecule has 1 heterocycles. The van der Waals surface area contributed by atoms with E-state index >= 15 is 0 Å². The van der Waals surface area contributed by atoms with Gasteiger partial charge >= 0.3 is 11.8 Å². The van der Waals surface area contributed by atoms with Gasteiger partial charge in [0.05, 0.1) is 9.99 Å². The second kappa shape index (κ2) is 4.73. The summed E-state index contributed by atoms with van der Waals surface area (Å²) >= 11 is 3.27. The zero-order valence-electron chi connectivity index (χ0n) is 10.7. The van der Waals surface area contributed by atoms with Crippen LogP contribution in [0, 0.1) is 0 Å². The van der Waals surface area contributed by atoms with E-state index in [1.165, 1.54) is 0 Å². The molecule has 2 aromatic rings. The van der Waals surface area contributed by atoms with E-state index in [1.807, 2.05) is 0 Å². The largest absolute Gasteiger partial charge is 0.444 e. The predicted octanol–water partition coefficient (Wildman–Crippen LogP) is 3.23. The summed E-state index contributed by atoms with van der Waals surface area (Å²) in [7, 11) is 0. The first-order valence-corrected chi connectivity index (χ1v) is 6.36. The van der Waals surface area contributed by atoms with Crippen molar-refractivity contribution in [3.05, 3.63) is 27.2 Å². The Morgan fingerprint density at radius 1 is 1.42 bits per heavy atom. The number of rotatable bonds is 1. The number of nitrogens with one attached hydrogen (secondary N) is 2. The molecule has 2 N–H and O–H groups in total. The number of halogens is 1. The van der Waals surface area contributed by atoms with Crippen molar-refractivity contribution in [3.63, 3.8) is 0 Å². The molecule has 0 radical (unpaired) electrons. The van der Waals surface area contributed by atoms with E-state index in [-0.39, 0.29) is 0 Å². The van der Waals surface area contributed by atoms with E-state index in [4.69, 9.17) is 9.15 Å². The third-order valence-electron chi connectivity index (χ3n) is 2.12. The molecule has 0 spiro atoms. The summed E-state index contributed by atoms with van der Waals surface area (Å²) in [6, 6.07) is 3.22. The number of oxazole rings is 1. The number of carbonyl (C=O) groups is 1. The Morgan fingerprint density at radius 3 is 2.74 bits per heavy atom. The summed E-state index contributed by atoms with van der Waals surface area (Å²) in [5.74, 6) is -0.551. The Labute approximate surface area is 117 Å². The number of fused-ring (bicyclic) bond motifs is 1. The molecule has 0 bridgehead atoms. The normalized spacial score (nSPS) is 11.6.